The van der Waals surface area contributed by atoms with Gasteiger partial charge < -0.3 is 50.3 Å². The molecule has 2 saturated heterocycles. The summed E-state index contributed by atoms with van der Waals surface area (Å²) < 4.78 is 10.4. The van der Waals surface area contributed by atoms with Gasteiger partial charge in [-0.25, -0.2) is 0 Å². The Bertz CT molecular complexity index is 802. The first-order valence-electron chi connectivity index (χ1n) is 9.61. The summed E-state index contributed by atoms with van der Waals surface area (Å²) in [6, 6.07) is 8.37. The van der Waals surface area contributed by atoms with Crippen LogP contribution in [0.15, 0.2) is 36.4 Å². The first kappa shape index (κ1) is 23.9. The summed E-state index contributed by atoms with van der Waals surface area (Å²) >= 11 is 0. The number of carbonyl (C=O) groups excluding carboxylic acids is 1. The molecule has 0 aliphatic carbocycles. The zero-order valence-corrected chi connectivity index (χ0v) is 16.3. The largest absolute Gasteiger partial charge is 0.394 e. The zero-order valence-electron chi connectivity index (χ0n) is 16.3. The fourth-order valence-electron chi connectivity index (χ4n) is 3.89. The lowest BCUT2D eigenvalue weighted by Gasteiger charge is -2.53. The van der Waals surface area contributed by atoms with Gasteiger partial charge in [-0.2, -0.15) is 0 Å². The summed E-state index contributed by atoms with van der Waals surface area (Å²) in [5.74, 6) is -4.53. The Balaban J connectivity index is 2.04. The Kier molecular flexibility index (Phi) is 6.93. The van der Waals surface area contributed by atoms with Crippen LogP contribution in [0.25, 0.3) is 6.08 Å². The molecule has 3 rings (SSSR count). The second-order valence-electron chi connectivity index (χ2n) is 7.60. The number of aliphatic hydroxyl groups excluding tert-OH is 6. The molecule has 0 spiro atoms. The van der Waals surface area contributed by atoms with Gasteiger partial charge in [0.2, 0.25) is 11.4 Å². The number of hydrogen-bond donors (Lipinski definition) is 8. The second-order valence-corrected chi connectivity index (χ2v) is 7.60. The Hall–Kier alpha value is -1.77. The van der Waals surface area contributed by atoms with Gasteiger partial charge in [-0.15, -0.1) is 0 Å². The third-order valence-corrected chi connectivity index (χ3v) is 5.72. The molecule has 172 valence electrons. The summed E-state index contributed by atoms with van der Waals surface area (Å²) in [5, 5.41) is 82.4. The first-order valence-corrected chi connectivity index (χ1v) is 9.61. The molecule has 2 fully saturated rings. The van der Waals surface area contributed by atoms with Crippen molar-refractivity contribution in [1.82, 2.24) is 0 Å². The molecule has 2 aliphatic rings. The summed E-state index contributed by atoms with van der Waals surface area (Å²) in [5.41, 5.74) is -2.74. The summed E-state index contributed by atoms with van der Waals surface area (Å²) in [6.07, 6.45) is -11.1. The van der Waals surface area contributed by atoms with E-state index in [1.54, 1.807) is 30.3 Å². The van der Waals surface area contributed by atoms with Crippen LogP contribution in [0.4, 0.5) is 0 Å². The summed E-state index contributed by atoms with van der Waals surface area (Å²) in [4.78, 5) is 13.0. The second kappa shape index (κ2) is 9.00. The molecule has 31 heavy (non-hydrogen) atoms. The molecule has 2 heterocycles. The third-order valence-electron chi connectivity index (χ3n) is 5.72. The van der Waals surface area contributed by atoms with E-state index in [2.05, 4.69) is 0 Å². The first-order chi connectivity index (χ1) is 14.6. The van der Waals surface area contributed by atoms with Crippen molar-refractivity contribution in [2.45, 2.75) is 54.1 Å². The van der Waals surface area contributed by atoms with E-state index in [0.717, 1.165) is 6.08 Å². The lowest BCUT2D eigenvalue weighted by molar-refractivity contribution is -0.405. The molecule has 0 saturated carbocycles. The highest BCUT2D eigenvalue weighted by Crippen LogP contribution is 2.44. The van der Waals surface area contributed by atoms with Gasteiger partial charge in [-0.05, 0) is 11.6 Å². The maximum Gasteiger partial charge on any atom is 0.235 e. The standard InChI is InChI=1S/C20H26O11/c21-8-11-14(24)16(26)18(30-11)20(29)19(28,17(27)15(25)12(9-22)31-20)13(23)7-6-10-4-2-1-3-5-10/h1-7,11-12,14-18,21-22,24-29H,8-9H2/t11-,12-,14+,15-,16-,17+,18?,19-,20?/m1/s1. The van der Waals surface area contributed by atoms with Crippen LogP contribution in [0, 0.1) is 0 Å². The van der Waals surface area contributed by atoms with Crippen molar-refractivity contribution >= 4 is 11.9 Å². The number of rotatable bonds is 6. The lowest BCUT2D eigenvalue weighted by Crippen LogP contribution is -2.80. The van der Waals surface area contributed by atoms with E-state index in [1.807, 2.05) is 0 Å². The normalized spacial score (nSPS) is 43.4. The van der Waals surface area contributed by atoms with Crippen molar-refractivity contribution in [3.05, 3.63) is 42.0 Å². The van der Waals surface area contributed by atoms with E-state index in [-0.39, 0.29) is 0 Å². The number of ether oxygens (including phenoxy) is 2. The molecule has 2 aliphatic heterocycles. The van der Waals surface area contributed by atoms with Crippen LogP contribution in [0.3, 0.4) is 0 Å². The van der Waals surface area contributed by atoms with Crippen LogP contribution in [0.5, 0.6) is 0 Å². The van der Waals surface area contributed by atoms with Crippen LogP contribution in [0.1, 0.15) is 5.56 Å². The third kappa shape index (κ3) is 3.83. The van der Waals surface area contributed by atoms with Gasteiger partial charge in [0.1, 0.15) is 42.7 Å². The fourth-order valence-corrected chi connectivity index (χ4v) is 3.89. The van der Waals surface area contributed by atoms with E-state index in [1.165, 1.54) is 6.08 Å². The van der Waals surface area contributed by atoms with Gasteiger partial charge in [0.05, 0.1) is 13.2 Å². The van der Waals surface area contributed by atoms with Gasteiger partial charge in [-0.1, -0.05) is 36.4 Å². The minimum atomic E-state index is -3.28. The minimum Gasteiger partial charge on any atom is -0.394 e. The fraction of sp³-hybridized carbons (Fsp3) is 0.550. The topological polar surface area (TPSA) is 197 Å². The average molecular weight is 442 g/mol. The monoisotopic (exact) mass is 442 g/mol. The maximum atomic E-state index is 13.0. The van der Waals surface area contributed by atoms with Crippen molar-refractivity contribution in [1.29, 1.82) is 0 Å². The molecule has 2 unspecified atom stereocenters. The molecular formula is C20H26O11. The van der Waals surface area contributed by atoms with Gasteiger partial charge in [0, 0.05) is 0 Å². The van der Waals surface area contributed by atoms with E-state index in [0.29, 0.717) is 5.56 Å². The quantitative estimate of drug-likeness (QED) is 0.202. The molecule has 11 nitrogen and oxygen atoms in total. The number of carbonyl (C=O) groups is 1. The van der Waals surface area contributed by atoms with E-state index in [4.69, 9.17) is 9.47 Å². The molecule has 9 atom stereocenters. The number of hydrogen-bond acceptors (Lipinski definition) is 11. The Morgan fingerprint density at radius 3 is 2.10 bits per heavy atom. The molecule has 8 N–H and O–H groups in total. The van der Waals surface area contributed by atoms with Crippen LogP contribution in [-0.4, -0.2) is 114 Å². The number of benzene rings is 1. The Labute approximate surface area is 177 Å². The minimum absolute atomic E-state index is 0.538. The van der Waals surface area contributed by atoms with Crippen LogP contribution in [0.2, 0.25) is 0 Å². The Morgan fingerprint density at radius 2 is 1.55 bits per heavy atom. The van der Waals surface area contributed by atoms with Crippen molar-refractivity contribution in [3.63, 3.8) is 0 Å². The SMILES string of the molecule is O=C(C=Cc1ccccc1)[C@@]1(O)[C@@H](O)[C@H](O)[C@@H](CO)OC1(O)C1O[C@H](CO)[C@H](O)[C@H]1O. The van der Waals surface area contributed by atoms with Crippen molar-refractivity contribution in [2.75, 3.05) is 13.2 Å². The molecule has 1 aromatic carbocycles. The van der Waals surface area contributed by atoms with E-state index in [9.17, 15) is 45.6 Å². The van der Waals surface area contributed by atoms with Crippen LogP contribution >= 0.6 is 0 Å². The maximum absolute atomic E-state index is 13.0. The highest BCUT2D eigenvalue weighted by Gasteiger charge is 2.72. The van der Waals surface area contributed by atoms with Crippen molar-refractivity contribution in [3.8, 4) is 0 Å². The molecule has 0 bridgehead atoms. The van der Waals surface area contributed by atoms with Gasteiger partial charge >= 0.3 is 0 Å². The number of aliphatic hydroxyl groups is 8. The van der Waals surface area contributed by atoms with Crippen molar-refractivity contribution in [2.24, 2.45) is 0 Å². The predicted octanol–water partition coefficient (Wildman–Crippen LogP) is -3.72. The highest BCUT2D eigenvalue weighted by molar-refractivity contribution is 6.01. The van der Waals surface area contributed by atoms with Crippen LogP contribution in [-0.2, 0) is 14.3 Å². The molecular weight excluding hydrogens is 416 g/mol. The average Bonchev–Trinajstić information content (AvgIpc) is 3.08. The summed E-state index contributed by atoms with van der Waals surface area (Å²) in [6.45, 7) is -1.71. The lowest BCUT2D eigenvalue weighted by atomic mass is 9.73. The molecule has 1 aromatic rings. The van der Waals surface area contributed by atoms with E-state index < -0.39 is 73.1 Å². The zero-order chi connectivity index (χ0) is 23.0. The van der Waals surface area contributed by atoms with E-state index >= 15 is 0 Å². The molecule has 11 heteroatoms. The van der Waals surface area contributed by atoms with Gasteiger partial charge in [-0.3, -0.25) is 4.79 Å². The predicted molar refractivity (Wildman–Crippen MR) is 102 cm³/mol. The molecule has 0 radical (unpaired) electrons. The van der Waals surface area contributed by atoms with Gasteiger partial charge in [0.25, 0.3) is 0 Å². The summed E-state index contributed by atoms with van der Waals surface area (Å²) in [7, 11) is 0. The Morgan fingerprint density at radius 1 is 0.935 bits per heavy atom. The van der Waals surface area contributed by atoms with Gasteiger partial charge in [0.15, 0.2) is 5.78 Å². The highest BCUT2D eigenvalue weighted by atomic mass is 16.7. The van der Waals surface area contributed by atoms with Crippen LogP contribution < -0.4 is 0 Å². The molecule has 0 amide bonds. The number of ketones is 1. The smallest absolute Gasteiger partial charge is 0.235 e. The molecule has 0 aromatic heterocycles. The van der Waals surface area contributed by atoms with Crippen molar-refractivity contribution < 1.29 is 55.1 Å².